The number of hydrogen-bond acceptors (Lipinski definition) is 1. The average molecular weight is 553 g/mol. The van der Waals surface area contributed by atoms with Crippen LogP contribution >= 0.6 is 24.8 Å². The Balaban J connectivity index is -0.000000152. The molecular formula is C26H36Cl2NSiZr-7. The van der Waals surface area contributed by atoms with Gasteiger partial charge in [0.2, 0.25) is 0 Å². The van der Waals surface area contributed by atoms with Crippen molar-refractivity contribution in [3.8, 4) is 11.3 Å². The van der Waals surface area contributed by atoms with Crippen molar-refractivity contribution in [2.75, 3.05) is 0 Å². The molecule has 0 fully saturated rings. The molecule has 5 heteroatoms. The maximum absolute atomic E-state index is 4.51. The summed E-state index contributed by atoms with van der Waals surface area (Å²) >= 11 is 1.36. The van der Waals surface area contributed by atoms with Gasteiger partial charge in [-0.15, -0.1) is 24.8 Å². The van der Waals surface area contributed by atoms with E-state index in [2.05, 4.69) is 61.3 Å². The Morgan fingerprint density at radius 1 is 0.935 bits per heavy atom. The second-order valence-corrected chi connectivity index (χ2v) is 5.62. The average Bonchev–Trinajstić information content (AvgIpc) is 3.23. The zero-order chi connectivity index (χ0) is 16.2. The molecule has 1 nitrogen and oxygen atoms in total. The van der Waals surface area contributed by atoms with E-state index in [1.807, 2.05) is 24.4 Å². The Morgan fingerprint density at radius 3 is 2.10 bits per heavy atom. The van der Waals surface area contributed by atoms with Crippen molar-refractivity contribution in [3.05, 3.63) is 128 Å². The molecule has 0 N–H and O–H groups in total. The summed E-state index contributed by atoms with van der Waals surface area (Å²) in [6.45, 7) is 5.28. The van der Waals surface area contributed by atoms with Gasteiger partial charge in [-0.25, -0.2) is 12.2 Å². The van der Waals surface area contributed by atoms with Crippen LogP contribution in [0.4, 0.5) is 0 Å². The second kappa shape index (κ2) is 21.1. The summed E-state index contributed by atoms with van der Waals surface area (Å²) in [5, 5.41) is 0. The Hall–Kier alpha value is -0.730. The van der Waals surface area contributed by atoms with Crippen LogP contribution in [0.2, 0.25) is 0 Å². The van der Waals surface area contributed by atoms with Crippen LogP contribution < -0.4 is 0 Å². The third-order valence-corrected chi connectivity index (χ3v) is 4.29. The minimum absolute atomic E-state index is 0. The standard InChI is InChI=1S/C20H16N.6CH3.2ClH.Si.Zr/c1-14-13-18-16(19-11-4-5-12-21-19)9-6-10-17(18)20(14)15-7-2-3-8-15;;;;;;;;;;/h2-6,9-13,20H,7H2,1H3;6*1H3;2*1H;;/q7*-1;;;;. The van der Waals surface area contributed by atoms with Crippen LogP contribution in [0, 0.1) is 50.6 Å². The molecule has 1 aromatic heterocycles. The van der Waals surface area contributed by atoms with Crippen molar-refractivity contribution >= 4 is 37.8 Å². The molecule has 2 radical (unpaired) electrons. The van der Waals surface area contributed by atoms with Crippen molar-refractivity contribution < 1.29 is 23.3 Å². The van der Waals surface area contributed by atoms with Crippen molar-refractivity contribution in [1.82, 2.24) is 4.98 Å². The van der Waals surface area contributed by atoms with E-state index in [-0.39, 0.29) is 69.4 Å². The molecule has 2 aliphatic carbocycles. The van der Waals surface area contributed by atoms with Gasteiger partial charge in [0.25, 0.3) is 0 Å². The van der Waals surface area contributed by atoms with Crippen molar-refractivity contribution in [1.29, 1.82) is 0 Å². The molecule has 4 rings (SSSR count). The monoisotopic (exact) mass is 550 g/mol. The SMILES string of the molecule is CC1=Cc2c(-c3ccccn3)cccc2C1C1=[C-]C=CC1.Cl.Cl.[CH3-].[CH3-].[CH3-].[CH3-].[CH3-].[CH3-].[Si]=[Zr]. The van der Waals surface area contributed by atoms with E-state index < -0.39 is 0 Å². The molecular weight excluding hydrogens is 517 g/mol. The Labute approximate surface area is 223 Å². The topological polar surface area (TPSA) is 12.9 Å². The number of nitrogens with zero attached hydrogens (tertiary/aromatic N) is 1. The zero-order valence-corrected chi connectivity index (χ0v) is 24.9. The minimum atomic E-state index is 0. The van der Waals surface area contributed by atoms with E-state index in [0.29, 0.717) is 5.92 Å². The predicted molar refractivity (Wildman–Crippen MR) is 145 cm³/mol. The summed E-state index contributed by atoms with van der Waals surface area (Å²) in [4.78, 5) is 4.51. The van der Waals surface area contributed by atoms with Crippen LogP contribution in [-0.4, -0.2) is 11.9 Å². The Kier molecular flexibility index (Phi) is 30.0. The third-order valence-electron chi connectivity index (χ3n) is 4.29. The molecule has 1 atom stereocenters. The Bertz CT molecular complexity index is 817. The number of fused-ring (bicyclic) bond motifs is 1. The molecule has 0 bridgehead atoms. The summed E-state index contributed by atoms with van der Waals surface area (Å²) in [6, 6.07) is 12.6. The first-order valence-corrected chi connectivity index (χ1v) is 11.8. The van der Waals surface area contributed by atoms with Gasteiger partial charge < -0.3 is 44.6 Å². The number of allylic oxidation sites excluding steroid dienone is 5. The van der Waals surface area contributed by atoms with Crippen LogP contribution in [0.5, 0.6) is 0 Å². The van der Waals surface area contributed by atoms with Crippen LogP contribution in [-0.2, 0) is 23.3 Å². The molecule has 2 aliphatic rings. The normalized spacial score (nSPS) is 13.2. The maximum atomic E-state index is 4.51. The number of aromatic nitrogens is 1. The van der Waals surface area contributed by atoms with E-state index in [9.17, 15) is 0 Å². The Morgan fingerprint density at radius 2 is 1.58 bits per heavy atom. The molecule has 1 unspecified atom stereocenters. The molecule has 174 valence electrons. The molecule has 2 aromatic rings. The first-order valence-electron chi connectivity index (χ1n) is 7.59. The third kappa shape index (κ3) is 9.34. The number of hydrogen-bond donors (Lipinski definition) is 0. The summed E-state index contributed by atoms with van der Waals surface area (Å²) in [7, 11) is 0. The van der Waals surface area contributed by atoms with Crippen LogP contribution in [0.25, 0.3) is 17.3 Å². The fraction of sp³-hybridized carbons (Fsp3) is 0.115. The summed E-state index contributed by atoms with van der Waals surface area (Å²) in [5.41, 5.74) is 7.75. The summed E-state index contributed by atoms with van der Waals surface area (Å²) in [6.07, 6.45) is 12.8. The molecule has 31 heavy (non-hydrogen) atoms. The fourth-order valence-corrected chi connectivity index (χ4v) is 3.37. The summed E-state index contributed by atoms with van der Waals surface area (Å²) < 4.78 is 0. The van der Waals surface area contributed by atoms with Gasteiger partial charge in [-0.1, -0.05) is 42.3 Å². The van der Waals surface area contributed by atoms with Gasteiger partial charge in [0.1, 0.15) is 0 Å². The van der Waals surface area contributed by atoms with E-state index in [1.165, 1.54) is 51.2 Å². The first-order chi connectivity index (χ1) is 11.3. The van der Waals surface area contributed by atoms with Crippen LogP contribution in [0.1, 0.15) is 30.4 Å². The van der Waals surface area contributed by atoms with Crippen molar-refractivity contribution in [2.45, 2.75) is 19.3 Å². The predicted octanol–water partition coefficient (Wildman–Crippen LogP) is 8.10. The molecule has 0 saturated heterocycles. The van der Waals surface area contributed by atoms with Gasteiger partial charge in [0, 0.05) is 17.7 Å². The number of benzene rings is 1. The van der Waals surface area contributed by atoms with Gasteiger partial charge in [-0.2, -0.15) is 5.57 Å². The number of pyridine rings is 1. The van der Waals surface area contributed by atoms with Gasteiger partial charge >= 0.3 is 30.2 Å². The van der Waals surface area contributed by atoms with Gasteiger partial charge in [-0.3, -0.25) is 11.1 Å². The van der Waals surface area contributed by atoms with Crippen LogP contribution in [0.15, 0.2) is 65.9 Å². The van der Waals surface area contributed by atoms with Gasteiger partial charge in [0.05, 0.1) is 5.69 Å². The fourth-order valence-electron chi connectivity index (χ4n) is 3.37. The zero-order valence-electron chi connectivity index (χ0n) is 19.8. The van der Waals surface area contributed by atoms with Gasteiger partial charge in [-0.05, 0) is 30.2 Å². The molecule has 1 heterocycles. The number of halogens is 2. The first kappa shape index (κ1) is 44.0. The summed E-state index contributed by atoms with van der Waals surface area (Å²) in [5.74, 6) is 0.388. The molecule has 0 spiro atoms. The number of rotatable bonds is 2. The second-order valence-electron chi connectivity index (χ2n) is 5.62. The molecule has 1 aromatic carbocycles. The van der Waals surface area contributed by atoms with E-state index in [0.717, 1.165) is 12.1 Å². The van der Waals surface area contributed by atoms with Gasteiger partial charge in [0.15, 0.2) is 0 Å². The molecule has 0 aliphatic heterocycles. The van der Waals surface area contributed by atoms with Crippen molar-refractivity contribution in [2.24, 2.45) is 0 Å². The van der Waals surface area contributed by atoms with Crippen LogP contribution in [0.3, 0.4) is 0 Å². The van der Waals surface area contributed by atoms with E-state index in [4.69, 9.17) is 0 Å². The molecule has 0 saturated carbocycles. The van der Waals surface area contributed by atoms with Crippen molar-refractivity contribution in [3.63, 3.8) is 0 Å². The quantitative estimate of drug-likeness (QED) is 0.271. The molecule has 0 amide bonds. The van der Waals surface area contributed by atoms with E-state index >= 15 is 0 Å². The van der Waals surface area contributed by atoms with E-state index in [1.54, 1.807) is 0 Å².